The van der Waals surface area contributed by atoms with Crippen LogP contribution in [-0.4, -0.2) is 48.5 Å². The smallest absolute Gasteiger partial charge is 0.253 e. The third-order valence-corrected chi connectivity index (χ3v) is 5.52. The average molecular weight is 415 g/mol. The van der Waals surface area contributed by atoms with Crippen molar-refractivity contribution in [3.63, 3.8) is 0 Å². The predicted octanol–water partition coefficient (Wildman–Crippen LogP) is 3.33. The number of ether oxygens (including phenoxy) is 2. The zero-order valence-electron chi connectivity index (χ0n) is 17.0. The van der Waals surface area contributed by atoms with Crippen LogP contribution < -0.4 is 14.8 Å². The maximum Gasteiger partial charge on any atom is 0.253 e. The van der Waals surface area contributed by atoms with E-state index in [1.165, 1.54) is 0 Å². The van der Waals surface area contributed by atoms with Gasteiger partial charge in [-0.2, -0.15) is 0 Å². The number of anilines is 1. The van der Waals surface area contributed by atoms with E-state index < -0.39 is 5.92 Å². The molecule has 2 aliphatic heterocycles. The maximum absolute atomic E-state index is 13.1. The molecule has 3 heterocycles. The highest BCUT2D eigenvalue weighted by Gasteiger charge is 2.33. The second-order valence-electron chi connectivity index (χ2n) is 7.58. The normalized spacial score (nSPS) is 17.1. The van der Waals surface area contributed by atoms with E-state index in [0.29, 0.717) is 48.3 Å². The quantitative estimate of drug-likeness (QED) is 0.710. The van der Waals surface area contributed by atoms with Crippen molar-refractivity contribution < 1.29 is 19.1 Å². The Morgan fingerprint density at radius 1 is 1.03 bits per heavy atom. The first-order valence-corrected chi connectivity index (χ1v) is 10.1. The average Bonchev–Trinajstić information content (AvgIpc) is 2.81. The Morgan fingerprint density at radius 2 is 1.84 bits per heavy atom. The van der Waals surface area contributed by atoms with Crippen molar-refractivity contribution in [2.75, 3.05) is 32.1 Å². The molecule has 1 atom stereocenters. The minimum atomic E-state index is -0.460. The van der Waals surface area contributed by atoms with Gasteiger partial charge in [0.05, 0.1) is 11.6 Å². The van der Waals surface area contributed by atoms with Crippen LogP contribution in [0.4, 0.5) is 5.82 Å². The molecule has 0 spiro atoms. The summed E-state index contributed by atoms with van der Waals surface area (Å²) in [5.41, 5.74) is 2.89. The molecule has 5 rings (SSSR count). The highest BCUT2D eigenvalue weighted by atomic mass is 16.6. The zero-order valence-corrected chi connectivity index (χ0v) is 17.0. The molecule has 0 fully saturated rings. The molecule has 31 heavy (non-hydrogen) atoms. The monoisotopic (exact) mass is 415 g/mol. The minimum absolute atomic E-state index is 0.0709. The van der Waals surface area contributed by atoms with E-state index in [1.807, 2.05) is 48.5 Å². The highest BCUT2D eigenvalue weighted by Crippen LogP contribution is 2.34. The van der Waals surface area contributed by atoms with Crippen molar-refractivity contribution in [2.24, 2.45) is 0 Å². The fourth-order valence-corrected chi connectivity index (χ4v) is 3.96. The number of amides is 2. The Bertz CT molecular complexity index is 1180. The van der Waals surface area contributed by atoms with Crippen LogP contribution in [0.25, 0.3) is 11.3 Å². The van der Waals surface area contributed by atoms with Crippen molar-refractivity contribution in [3.8, 4) is 22.8 Å². The number of likely N-dealkylation sites (N-methyl/N-ethyl adjacent to an activating group) is 1. The molecule has 1 unspecified atom stereocenters. The number of hydrogen-bond donors (Lipinski definition) is 1. The summed E-state index contributed by atoms with van der Waals surface area (Å²) in [6, 6.07) is 18.4. The molecule has 0 aliphatic carbocycles. The topological polar surface area (TPSA) is 80.8 Å². The maximum atomic E-state index is 13.1. The van der Waals surface area contributed by atoms with Crippen LogP contribution in [0.1, 0.15) is 21.8 Å². The van der Waals surface area contributed by atoms with E-state index in [1.54, 1.807) is 24.1 Å². The van der Waals surface area contributed by atoms with Crippen LogP contribution in [0.5, 0.6) is 11.5 Å². The van der Waals surface area contributed by atoms with Gasteiger partial charge in [-0.3, -0.25) is 9.59 Å². The van der Waals surface area contributed by atoms with Gasteiger partial charge >= 0.3 is 0 Å². The molecule has 7 nitrogen and oxygen atoms in total. The van der Waals surface area contributed by atoms with Crippen molar-refractivity contribution >= 4 is 17.6 Å². The van der Waals surface area contributed by atoms with Crippen LogP contribution in [-0.2, 0) is 4.79 Å². The molecule has 0 saturated carbocycles. The summed E-state index contributed by atoms with van der Waals surface area (Å²) in [5, 5.41) is 2.92. The molecular formula is C24H21N3O4. The number of hydrogen-bond acceptors (Lipinski definition) is 5. The van der Waals surface area contributed by atoms with Gasteiger partial charge in [0, 0.05) is 24.7 Å². The Hall–Kier alpha value is -3.87. The summed E-state index contributed by atoms with van der Waals surface area (Å²) in [4.78, 5) is 31.7. The standard InChI is InChI=1S/C24H21N3O4/c1-27-14-18(16-5-2-3-6-17(16)24(27)29)23(28)26-22-8-4-7-19(25-22)15-9-10-20-21(13-15)31-12-11-30-20/h2-10,13,18H,11-12,14H2,1H3,(H,25,26,28). The number of nitrogens with zero attached hydrogens (tertiary/aromatic N) is 2. The van der Waals surface area contributed by atoms with E-state index in [2.05, 4.69) is 10.3 Å². The summed E-state index contributed by atoms with van der Waals surface area (Å²) < 4.78 is 11.2. The molecule has 2 amide bonds. The third kappa shape index (κ3) is 3.59. The van der Waals surface area contributed by atoms with Gasteiger partial charge in [-0.05, 0) is 42.0 Å². The summed E-state index contributed by atoms with van der Waals surface area (Å²) >= 11 is 0. The first-order valence-electron chi connectivity index (χ1n) is 10.1. The minimum Gasteiger partial charge on any atom is -0.486 e. The van der Waals surface area contributed by atoms with E-state index >= 15 is 0 Å². The Balaban J connectivity index is 1.40. The van der Waals surface area contributed by atoms with Crippen LogP contribution in [0.15, 0.2) is 60.7 Å². The van der Waals surface area contributed by atoms with Crippen molar-refractivity contribution in [1.82, 2.24) is 9.88 Å². The first-order chi connectivity index (χ1) is 15.1. The molecule has 1 aromatic heterocycles. The molecule has 2 aromatic carbocycles. The fourth-order valence-electron chi connectivity index (χ4n) is 3.96. The zero-order chi connectivity index (χ0) is 21.4. The number of benzene rings is 2. The molecule has 1 N–H and O–H groups in total. The number of carbonyl (C=O) groups is 2. The van der Waals surface area contributed by atoms with Gasteiger partial charge in [0.2, 0.25) is 5.91 Å². The van der Waals surface area contributed by atoms with Gasteiger partial charge < -0.3 is 19.7 Å². The Morgan fingerprint density at radius 3 is 2.71 bits per heavy atom. The number of carbonyl (C=O) groups excluding carboxylic acids is 2. The summed E-state index contributed by atoms with van der Waals surface area (Å²) in [6.07, 6.45) is 0. The lowest BCUT2D eigenvalue weighted by atomic mass is 9.89. The van der Waals surface area contributed by atoms with Crippen molar-refractivity contribution in [3.05, 3.63) is 71.8 Å². The molecule has 0 saturated heterocycles. The second kappa shape index (κ2) is 7.75. The lowest BCUT2D eigenvalue weighted by Crippen LogP contribution is -2.41. The van der Waals surface area contributed by atoms with Crippen molar-refractivity contribution in [1.29, 1.82) is 0 Å². The van der Waals surface area contributed by atoms with Gasteiger partial charge in [-0.15, -0.1) is 0 Å². The first kappa shape index (κ1) is 19.1. The van der Waals surface area contributed by atoms with Crippen LogP contribution in [0, 0.1) is 0 Å². The molecule has 7 heteroatoms. The fraction of sp³-hybridized carbons (Fsp3) is 0.208. The van der Waals surface area contributed by atoms with Crippen molar-refractivity contribution in [2.45, 2.75) is 5.92 Å². The van der Waals surface area contributed by atoms with Gasteiger partial charge in [0.1, 0.15) is 19.0 Å². The summed E-state index contributed by atoms with van der Waals surface area (Å²) in [7, 11) is 1.71. The van der Waals surface area contributed by atoms with Crippen LogP contribution in [0.3, 0.4) is 0 Å². The SMILES string of the molecule is CN1CC(C(=O)Nc2cccc(-c3ccc4c(c3)OCCO4)n2)c2ccccc2C1=O. The summed E-state index contributed by atoms with van der Waals surface area (Å²) in [6.45, 7) is 1.38. The van der Waals surface area contributed by atoms with Gasteiger partial charge in [-0.25, -0.2) is 4.98 Å². The number of rotatable bonds is 3. The van der Waals surface area contributed by atoms with E-state index in [9.17, 15) is 9.59 Å². The Kier molecular flexibility index (Phi) is 4.78. The molecule has 156 valence electrons. The highest BCUT2D eigenvalue weighted by molar-refractivity contribution is 6.03. The van der Waals surface area contributed by atoms with Crippen LogP contribution in [0.2, 0.25) is 0 Å². The van der Waals surface area contributed by atoms with Crippen LogP contribution >= 0.6 is 0 Å². The number of pyridine rings is 1. The summed E-state index contributed by atoms with van der Waals surface area (Å²) in [5.74, 6) is 1.13. The predicted molar refractivity (Wildman–Crippen MR) is 115 cm³/mol. The van der Waals surface area contributed by atoms with Gasteiger partial charge in [0.15, 0.2) is 11.5 Å². The lowest BCUT2D eigenvalue weighted by Gasteiger charge is -2.31. The van der Waals surface area contributed by atoms with E-state index in [4.69, 9.17) is 9.47 Å². The number of aromatic nitrogens is 1. The van der Waals surface area contributed by atoms with E-state index in [-0.39, 0.29) is 11.8 Å². The van der Waals surface area contributed by atoms with E-state index in [0.717, 1.165) is 11.1 Å². The molecule has 0 radical (unpaired) electrons. The lowest BCUT2D eigenvalue weighted by molar-refractivity contribution is -0.118. The Labute approximate surface area is 179 Å². The second-order valence-corrected chi connectivity index (χ2v) is 7.58. The number of nitrogens with one attached hydrogen (secondary N) is 1. The molecular weight excluding hydrogens is 394 g/mol. The molecule has 3 aromatic rings. The molecule has 2 aliphatic rings. The largest absolute Gasteiger partial charge is 0.486 e. The molecule has 0 bridgehead atoms. The third-order valence-electron chi connectivity index (χ3n) is 5.52. The van der Waals surface area contributed by atoms with Gasteiger partial charge in [0.25, 0.3) is 5.91 Å². The van der Waals surface area contributed by atoms with Gasteiger partial charge in [-0.1, -0.05) is 24.3 Å². The number of fused-ring (bicyclic) bond motifs is 2.